The van der Waals surface area contributed by atoms with E-state index in [0.717, 1.165) is 22.9 Å². The third-order valence-corrected chi connectivity index (χ3v) is 5.75. The Bertz CT molecular complexity index is 1260. The van der Waals surface area contributed by atoms with Crippen LogP contribution in [0.3, 0.4) is 0 Å². The minimum absolute atomic E-state index is 0.112. The summed E-state index contributed by atoms with van der Waals surface area (Å²) < 4.78 is 5.33. The third kappa shape index (κ3) is 8.13. The van der Waals surface area contributed by atoms with E-state index in [0.29, 0.717) is 5.56 Å². The molecule has 0 aromatic heterocycles. The van der Waals surface area contributed by atoms with E-state index in [1.54, 1.807) is 30.3 Å². The van der Waals surface area contributed by atoms with Crippen LogP contribution in [0.1, 0.15) is 16.7 Å². The molecule has 0 atom stereocenters. The molecule has 3 aromatic rings. The lowest BCUT2D eigenvalue weighted by Gasteiger charge is -2.08. The molecule has 0 radical (unpaired) electrons. The highest BCUT2D eigenvalue weighted by molar-refractivity contribution is 8.18. The number of aliphatic carboxylic acids is 1. The van der Waals surface area contributed by atoms with Crippen molar-refractivity contribution in [2.45, 2.75) is 12.8 Å². The van der Waals surface area contributed by atoms with Gasteiger partial charge in [0.1, 0.15) is 5.75 Å². The Kier molecular flexibility index (Phi) is 9.23. The number of carbonyl (C=O) groups is 4. The lowest BCUT2D eigenvalue weighted by molar-refractivity contribution is -0.136. The van der Waals surface area contributed by atoms with Crippen LogP contribution in [0.25, 0.3) is 6.08 Å². The van der Waals surface area contributed by atoms with Gasteiger partial charge in [-0.05, 0) is 40.6 Å². The first-order chi connectivity index (χ1) is 16.8. The summed E-state index contributed by atoms with van der Waals surface area (Å²) in [7, 11) is 0. The average Bonchev–Trinajstić information content (AvgIpc) is 3.14. The molecule has 0 unspecified atom stereocenters. The van der Waals surface area contributed by atoms with Crippen molar-refractivity contribution in [1.82, 2.24) is 5.32 Å². The van der Waals surface area contributed by atoms with Crippen LogP contribution in [0.5, 0.6) is 5.75 Å². The SMILES string of the molecule is O=C(Cc1ccccc1)Oc1cccc(/C=C2\SC(=O)NC2=O)c1Cl.O=C(O)Cc1ccccc1. The maximum atomic E-state index is 12.1. The van der Waals surface area contributed by atoms with E-state index in [4.69, 9.17) is 21.4 Å². The number of ether oxygens (including phenoxy) is 1. The monoisotopic (exact) mass is 509 g/mol. The fourth-order valence-electron chi connectivity index (χ4n) is 2.97. The zero-order valence-corrected chi connectivity index (χ0v) is 19.8. The van der Waals surface area contributed by atoms with Gasteiger partial charge in [0.15, 0.2) is 0 Å². The Morgan fingerprint density at radius 2 is 1.49 bits per heavy atom. The molecule has 1 heterocycles. The molecule has 7 nitrogen and oxygen atoms in total. The molecule has 1 saturated heterocycles. The van der Waals surface area contributed by atoms with Gasteiger partial charge in [-0.15, -0.1) is 0 Å². The van der Waals surface area contributed by atoms with Gasteiger partial charge < -0.3 is 9.84 Å². The molecule has 0 aliphatic carbocycles. The van der Waals surface area contributed by atoms with Crippen molar-refractivity contribution in [1.29, 1.82) is 0 Å². The molecular formula is C26H20ClNO6S. The van der Waals surface area contributed by atoms with E-state index < -0.39 is 23.1 Å². The van der Waals surface area contributed by atoms with Crippen molar-refractivity contribution in [2.24, 2.45) is 0 Å². The van der Waals surface area contributed by atoms with Crippen LogP contribution < -0.4 is 10.1 Å². The molecule has 35 heavy (non-hydrogen) atoms. The summed E-state index contributed by atoms with van der Waals surface area (Å²) in [6.45, 7) is 0. The third-order valence-electron chi connectivity index (χ3n) is 4.54. The Hall–Kier alpha value is -3.88. The minimum atomic E-state index is -0.786. The number of carbonyl (C=O) groups excluding carboxylic acids is 3. The van der Waals surface area contributed by atoms with Crippen molar-refractivity contribution in [2.75, 3.05) is 0 Å². The fraction of sp³-hybridized carbons (Fsp3) is 0.0769. The molecule has 0 saturated carbocycles. The molecule has 4 rings (SSSR count). The summed E-state index contributed by atoms with van der Waals surface area (Å²) in [5.41, 5.74) is 2.16. The van der Waals surface area contributed by atoms with Gasteiger partial charge in [-0.3, -0.25) is 24.5 Å². The number of nitrogens with one attached hydrogen (secondary N) is 1. The van der Waals surface area contributed by atoms with Gasteiger partial charge in [-0.25, -0.2) is 0 Å². The summed E-state index contributed by atoms with van der Waals surface area (Å²) in [6.07, 6.45) is 1.72. The zero-order chi connectivity index (χ0) is 25.2. The molecule has 1 aliphatic heterocycles. The largest absolute Gasteiger partial charge is 0.481 e. The second-order valence-electron chi connectivity index (χ2n) is 7.20. The number of halogens is 1. The number of carboxylic acids is 1. The maximum Gasteiger partial charge on any atom is 0.315 e. The normalized spacial score (nSPS) is 13.6. The van der Waals surface area contributed by atoms with Gasteiger partial charge in [0.05, 0.1) is 22.8 Å². The Morgan fingerprint density at radius 1 is 0.886 bits per heavy atom. The standard InChI is InChI=1S/C18H12ClNO4S.C8H8O2/c19-16-12(10-14-17(22)20-18(23)25-14)7-4-8-13(16)24-15(21)9-11-5-2-1-3-6-11;9-8(10)6-7-4-2-1-3-5-7/h1-8,10H,9H2,(H,20,22,23);1-5H,6H2,(H,9,10)/b14-10-;. The molecule has 0 bridgehead atoms. The summed E-state index contributed by atoms with van der Waals surface area (Å²) in [5, 5.41) is 10.3. The summed E-state index contributed by atoms with van der Waals surface area (Å²) >= 11 is 7.06. The van der Waals surface area contributed by atoms with Crippen molar-refractivity contribution in [3.63, 3.8) is 0 Å². The van der Waals surface area contributed by atoms with E-state index in [2.05, 4.69) is 5.32 Å². The molecule has 9 heteroatoms. The van der Waals surface area contributed by atoms with Gasteiger partial charge in [-0.2, -0.15) is 0 Å². The first kappa shape index (κ1) is 25.7. The van der Waals surface area contributed by atoms with Crippen LogP contribution >= 0.6 is 23.4 Å². The van der Waals surface area contributed by atoms with Gasteiger partial charge in [0, 0.05) is 0 Å². The number of imide groups is 1. The number of amides is 2. The van der Waals surface area contributed by atoms with Crippen LogP contribution in [0.4, 0.5) is 4.79 Å². The predicted molar refractivity (Wildman–Crippen MR) is 134 cm³/mol. The number of esters is 1. The van der Waals surface area contributed by atoms with Gasteiger partial charge in [0.25, 0.3) is 11.1 Å². The lowest BCUT2D eigenvalue weighted by Crippen LogP contribution is -2.17. The van der Waals surface area contributed by atoms with Gasteiger partial charge in [-0.1, -0.05) is 84.4 Å². The molecular weight excluding hydrogens is 490 g/mol. The lowest BCUT2D eigenvalue weighted by atomic mass is 10.1. The Morgan fingerprint density at radius 3 is 2.03 bits per heavy atom. The maximum absolute atomic E-state index is 12.1. The van der Waals surface area contributed by atoms with Crippen LogP contribution in [-0.2, 0) is 27.2 Å². The van der Waals surface area contributed by atoms with Crippen LogP contribution in [0, 0.1) is 0 Å². The molecule has 2 N–H and O–H groups in total. The first-order valence-electron chi connectivity index (χ1n) is 10.4. The van der Waals surface area contributed by atoms with Crippen molar-refractivity contribution < 1.29 is 29.0 Å². The second kappa shape index (κ2) is 12.5. The highest BCUT2D eigenvalue weighted by atomic mass is 35.5. The molecule has 3 aromatic carbocycles. The summed E-state index contributed by atoms with van der Waals surface area (Å²) in [4.78, 5) is 45.3. The topological polar surface area (TPSA) is 110 Å². The van der Waals surface area contributed by atoms with E-state index >= 15 is 0 Å². The van der Waals surface area contributed by atoms with E-state index in [1.807, 2.05) is 48.5 Å². The number of carboxylic acid groups (broad SMARTS) is 1. The van der Waals surface area contributed by atoms with Gasteiger partial charge in [0.2, 0.25) is 0 Å². The zero-order valence-electron chi connectivity index (χ0n) is 18.3. The highest BCUT2D eigenvalue weighted by Crippen LogP contribution is 2.33. The quantitative estimate of drug-likeness (QED) is 0.269. The number of rotatable bonds is 6. The smallest absolute Gasteiger partial charge is 0.315 e. The van der Waals surface area contributed by atoms with Gasteiger partial charge >= 0.3 is 11.9 Å². The van der Waals surface area contributed by atoms with E-state index in [-0.39, 0.29) is 28.5 Å². The van der Waals surface area contributed by atoms with E-state index in [1.165, 1.54) is 6.08 Å². The highest BCUT2D eigenvalue weighted by Gasteiger charge is 2.25. The van der Waals surface area contributed by atoms with Crippen LogP contribution in [0.15, 0.2) is 83.8 Å². The Balaban J connectivity index is 0.000000287. The molecule has 0 spiro atoms. The number of benzene rings is 3. The minimum Gasteiger partial charge on any atom is -0.481 e. The average molecular weight is 510 g/mol. The van der Waals surface area contributed by atoms with E-state index in [9.17, 15) is 19.2 Å². The number of thioether (sulfide) groups is 1. The summed E-state index contributed by atoms with van der Waals surface area (Å²) in [5.74, 6) is -1.50. The van der Waals surface area contributed by atoms with Crippen molar-refractivity contribution in [3.05, 3.63) is 105 Å². The number of hydrogen-bond donors (Lipinski definition) is 2. The number of hydrogen-bond acceptors (Lipinski definition) is 6. The second-order valence-corrected chi connectivity index (χ2v) is 8.60. The molecule has 1 fully saturated rings. The van der Waals surface area contributed by atoms with Crippen molar-refractivity contribution >= 4 is 52.5 Å². The molecule has 178 valence electrons. The molecule has 2 amide bonds. The molecule has 1 aliphatic rings. The van der Waals surface area contributed by atoms with Crippen LogP contribution in [0.2, 0.25) is 5.02 Å². The first-order valence-corrected chi connectivity index (χ1v) is 11.5. The van der Waals surface area contributed by atoms with Crippen molar-refractivity contribution in [3.8, 4) is 5.75 Å². The Labute approximate surface area is 210 Å². The predicted octanol–water partition coefficient (Wildman–Crippen LogP) is 5.13. The van der Waals surface area contributed by atoms with Crippen LogP contribution in [-0.4, -0.2) is 28.2 Å². The fourth-order valence-corrected chi connectivity index (χ4v) is 3.86. The summed E-state index contributed by atoms with van der Waals surface area (Å²) in [6, 6.07) is 23.2.